The van der Waals surface area contributed by atoms with Crippen LogP contribution in [0.4, 0.5) is 11.4 Å². The van der Waals surface area contributed by atoms with E-state index in [9.17, 15) is 15.2 Å². The highest BCUT2D eigenvalue weighted by atomic mass is 79.9. The van der Waals surface area contributed by atoms with Gasteiger partial charge in [0.25, 0.3) is 5.69 Å². The minimum atomic E-state index is -0.371. The lowest BCUT2D eigenvalue weighted by atomic mass is 10.1. The number of hydrogen-bond acceptors (Lipinski definition) is 4. The summed E-state index contributed by atoms with van der Waals surface area (Å²) in [5.41, 5.74) is 1.75. The second kappa shape index (κ2) is 5.24. The van der Waals surface area contributed by atoms with Gasteiger partial charge >= 0.3 is 0 Å². The number of nitro benzene ring substituents is 1. The van der Waals surface area contributed by atoms with Crippen molar-refractivity contribution in [2.45, 2.75) is 25.9 Å². The number of aliphatic hydroxyl groups is 1. The lowest BCUT2D eigenvalue weighted by Gasteiger charge is -2.32. The zero-order chi connectivity index (χ0) is 13.3. The van der Waals surface area contributed by atoms with Gasteiger partial charge in [-0.25, -0.2) is 0 Å². The molecule has 0 aromatic heterocycles. The van der Waals surface area contributed by atoms with Crippen LogP contribution in [0, 0.1) is 17.0 Å². The van der Waals surface area contributed by atoms with Crippen LogP contribution in [0.15, 0.2) is 16.6 Å². The molecule has 0 aliphatic carbocycles. The number of rotatable bonds is 2. The molecule has 0 amide bonds. The van der Waals surface area contributed by atoms with E-state index >= 15 is 0 Å². The second-order valence-electron chi connectivity index (χ2n) is 4.57. The van der Waals surface area contributed by atoms with Gasteiger partial charge in [-0.1, -0.05) is 0 Å². The summed E-state index contributed by atoms with van der Waals surface area (Å²) in [6.07, 6.45) is 1.25. The van der Waals surface area contributed by atoms with Gasteiger partial charge in [-0.05, 0) is 41.8 Å². The number of piperidine rings is 1. The molecule has 0 atom stereocenters. The van der Waals surface area contributed by atoms with Crippen molar-refractivity contribution in [1.82, 2.24) is 0 Å². The Bertz CT molecular complexity index is 471. The van der Waals surface area contributed by atoms with Crippen molar-refractivity contribution in [1.29, 1.82) is 0 Å². The van der Waals surface area contributed by atoms with Crippen molar-refractivity contribution in [3.63, 3.8) is 0 Å². The van der Waals surface area contributed by atoms with E-state index in [2.05, 4.69) is 20.8 Å². The molecule has 1 aliphatic heterocycles. The number of nitro groups is 1. The lowest BCUT2D eigenvalue weighted by molar-refractivity contribution is -0.385. The molecule has 5 nitrogen and oxygen atoms in total. The summed E-state index contributed by atoms with van der Waals surface area (Å²) in [5.74, 6) is 0. The predicted octanol–water partition coefficient (Wildman–Crippen LogP) is 2.63. The number of aryl methyl sites for hydroxylation is 1. The normalized spacial score (nSPS) is 16.9. The van der Waals surface area contributed by atoms with Crippen LogP contribution in [0.5, 0.6) is 0 Å². The zero-order valence-electron chi connectivity index (χ0n) is 10.1. The zero-order valence-corrected chi connectivity index (χ0v) is 11.7. The molecule has 2 rings (SSSR count). The number of aliphatic hydroxyl groups excluding tert-OH is 1. The van der Waals surface area contributed by atoms with E-state index in [0.29, 0.717) is 5.56 Å². The Morgan fingerprint density at radius 1 is 1.44 bits per heavy atom. The molecule has 0 saturated carbocycles. The average molecular weight is 315 g/mol. The smallest absolute Gasteiger partial charge is 0.273 e. The molecule has 0 bridgehead atoms. The molecule has 1 N–H and O–H groups in total. The van der Waals surface area contributed by atoms with Gasteiger partial charge in [0, 0.05) is 29.2 Å². The number of anilines is 1. The van der Waals surface area contributed by atoms with Crippen LogP contribution in [0.25, 0.3) is 0 Å². The van der Waals surface area contributed by atoms with Crippen molar-refractivity contribution in [2.24, 2.45) is 0 Å². The number of nitrogens with zero attached hydrogens (tertiary/aromatic N) is 2. The highest BCUT2D eigenvalue weighted by Gasteiger charge is 2.21. The van der Waals surface area contributed by atoms with Crippen LogP contribution in [0.2, 0.25) is 0 Å². The first-order chi connectivity index (χ1) is 8.49. The first-order valence-electron chi connectivity index (χ1n) is 5.86. The molecule has 98 valence electrons. The third-order valence-corrected chi connectivity index (χ3v) is 3.90. The molecule has 1 saturated heterocycles. The fourth-order valence-corrected chi connectivity index (χ4v) is 2.78. The van der Waals surface area contributed by atoms with E-state index in [1.54, 1.807) is 13.0 Å². The van der Waals surface area contributed by atoms with Crippen LogP contribution in [0.3, 0.4) is 0 Å². The van der Waals surface area contributed by atoms with E-state index < -0.39 is 0 Å². The molecule has 1 aliphatic rings. The lowest BCUT2D eigenvalue weighted by Crippen LogP contribution is -2.36. The van der Waals surface area contributed by atoms with Gasteiger partial charge in [0.2, 0.25) is 0 Å². The molecule has 1 aromatic rings. The molecule has 0 radical (unpaired) electrons. The maximum atomic E-state index is 10.8. The topological polar surface area (TPSA) is 66.6 Å². The van der Waals surface area contributed by atoms with Gasteiger partial charge in [-0.3, -0.25) is 10.1 Å². The molecule has 1 heterocycles. The first kappa shape index (κ1) is 13.3. The van der Waals surface area contributed by atoms with Crippen molar-refractivity contribution in [2.75, 3.05) is 18.0 Å². The van der Waals surface area contributed by atoms with E-state index in [4.69, 9.17) is 0 Å². The third-order valence-electron chi connectivity index (χ3n) is 3.27. The van der Waals surface area contributed by atoms with Crippen molar-refractivity contribution in [3.05, 3.63) is 32.3 Å². The standard InChI is InChI=1S/C12H15BrN2O3/c1-8-6-12(10(13)7-11(8)15(17)18)14-4-2-9(16)3-5-14/h6-7,9,16H,2-5H2,1H3. The first-order valence-corrected chi connectivity index (χ1v) is 6.66. The van der Waals surface area contributed by atoms with Crippen molar-refractivity contribution < 1.29 is 10.0 Å². The second-order valence-corrected chi connectivity index (χ2v) is 5.42. The van der Waals surface area contributed by atoms with Crippen LogP contribution in [-0.4, -0.2) is 29.2 Å². The van der Waals surface area contributed by atoms with E-state index in [1.807, 2.05) is 6.07 Å². The molecule has 1 aromatic carbocycles. The predicted molar refractivity (Wildman–Crippen MR) is 73.0 cm³/mol. The molecule has 18 heavy (non-hydrogen) atoms. The molecule has 6 heteroatoms. The Labute approximate surface area is 114 Å². The minimum absolute atomic E-state index is 0.127. The van der Waals surface area contributed by atoms with Gasteiger partial charge in [0.1, 0.15) is 0 Å². The molecule has 0 spiro atoms. The Balaban J connectivity index is 2.29. The van der Waals surface area contributed by atoms with Gasteiger partial charge in [0.15, 0.2) is 0 Å². The quantitative estimate of drug-likeness (QED) is 0.673. The molecule has 1 fully saturated rings. The van der Waals surface area contributed by atoms with Crippen molar-refractivity contribution in [3.8, 4) is 0 Å². The van der Waals surface area contributed by atoms with E-state index in [-0.39, 0.29) is 16.7 Å². The van der Waals surface area contributed by atoms with Gasteiger partial charge < -0.3 is 10.0 Å². The molecule has 0 unspecified atom stereocenters. The summed E-state index contributed by atoms with van der Waals surface area (Å²) >= 11 is 3.39. The maximum absolute atomic E-state index is 10.8. The van der Waals surface area contributed by atoms with Crippen molar-refractivity contribution >= 4 is 27.3 Å². The van der Waals surface area contributed by atoms with E-state index in [0.717, 1.165) is 36.1 Å². The van der Waals surface area contributed by atoms with Gasteiger partial charge in [-0.2, -0.15) is 0 Å². The number of benzene rings is 1. The summed E-state index contributed by atoms with van der Waals surface area (Å²) in [7, 11) is 0. The Hall–Kier alpha value is -1.14. The summed E-state index contributed by atoms with van der Waals surface area (Å²) in [6.45, 7) is 3.29. The van der Waals surface area contributed by atoms with Crippen LogP contribution in [-0.2, 0) is 0 Å². The maximum Gasteiger partial charge on any atom is 0.273 e. The number of hydrogen-bond donors (Lipinski definition) is 1. The van der Waals surface area contributed by atoms with E-state index in [1.165, 1.54) is 0 Å². The number of halogens is 1. The fourth-order valence-electron chi connectivity index (χ4n) is 2.20. The highest BCUT2D eigenvalue weighted by molar-refractivity contribution is 9.10. The summed E-state index contributed by atoms with van der Waals surface area (Å²) in [5, 5.41) is 20.3. The van der Waals surface area contributed by atoms with Crippen LogP contribution < -0.4 is 4.90 Å². The Morgan fingerprint density at radius 2 is 2.06 bits per heavy atom. The summed E-state index contributed by atoms with van der Waals surface area (Å²) < 4.78 is 0.733. The monoisotopic (exact) mass is 314 g/mol. The molecular weight excluding hydrogens is 300 g/mol. The minimum Gasteiger partial charge on any atom is -0.393 e. The van der Waals surface area contributed by atoms with Gasteiger partial charge in [0.05, 0.1) is 16.7 Å². The fraction of sp³-hybridized carbons (Fsp3) is 0.500. The largest absolute Gasteiger partial charge is 0.393 e. The van der Waals surface area contributed by atoms with Gasteiger partial charge in [-0.15, -0.1) is 0 Å². The van der Waals surface area contributed by atoms with Crippen LogP contribution >= 0.6 is 15.9 Å². The summed E-state index contributed by atoms with van der Waals surface area (Å²) in [6, 6.07) is 3.38. The highest BCUT2D eigenvalue weighted by Crippen LogP contribution is 2.34. The SMILES string of the molecule is Cc1cc(N2CCC(O)CC2)c(Br)cc1[N+](=O)[O-]. The Morgan fingerprint density at radius 3 is 2.61 bits per heavy atom. The average Bonchev–Trinajstić information content (AvgIpc) is 2.32. The summed E-state index contributed by atoms with van der Waals surface area (Å²) in [4.78, 5) is 12.6. The third kappa shape index (κ3) is 2.64. The Kier molecular flexibility index (Phi) is 3.87. The molecular formula is C12H15BrN2O3. The van der Waals surface area contributed by atoms with Crippen LogP contribution in [0.1, 0.15) is 18.4 Å².